The molecule has 0 aliphatic carbocycles. The van der Waals surface area contributed by atoms with E-state index in [0.29, 0.717) is 18.1 Å². The number of nitrogens with zero attached hydrogens (tertiary/aromatic N) is 3. The average Bonchev–Trinajstić information content (AvgIpc) is 2.90. The molecule has 174 valence electrons. The molecule has 0 bridgehead atoms. The molecule has 0 spiro atoms. The Balaban J connectivity index is 1.56. The van der Waals surface area contributed by atoms with Gasteiger partial charge in [0.05, 0.1) is 18.3 Å². The second-order valence-corrected chi connectivity index (χ2v) is 7.85. The van der Waals surface area contributed by atoms with Gasteiger partial charge in [-0.1, -0.05) is 18.2 Å². The van der Waals surface area contributed by atoms with E-state index >= 15 is 0 Å². The minimum atomic E-state index is -0.411. The third-order valence-electron chi connectivity index (χ3n) is 5.61. The van der Waals surface area contributed by atoms with Gasteiger partial charge in [-0.05, 0) is 49.2 Å². The molecular formula is C26H26N4O4. The first-order valence-electron chi connectivity index (χ1n) is 11.1. The predicted molar refractivity (Wildman–Crippen MR) is 129 cm³/mol. The van der Waals surface area contributed by atoms with Crippen molar-refractivity contribution < 1.29 is 19.1 Å². The van der Waals surface area contributed by atoms with Crippen molar-refractivity contribution in [2.24, 2.45) is 0 Å². The topological polar surface area (TPSA) is 96.7 Å². The van der Waals surface area contributed by atoms with Crippen molar-refractivity contribution in [3.63, 3.8) is 0 Å². The normalized spacial score (nSPS) is 15.7. The largest absolute Gasteiger partial charge is 0.496 e. The van der Waals surface area contributed by atoms with Crippen LogP contribution in [0.2, 0.25) is 0 Å². The van der Waals surface area contributed by atoms with Crippen LogP contribution in [0.5, 0.6) is 5.75 Å². The SMILES string of the molecule is COc1ccc(N(C)c2cc(C#N)nc3ccccc23)cc1/C=C/C(=O)NOC1CCCCO1. The Kier molecular flexibility index (Phi) is 7.38. The quantitative estimate of drug-likeness (QED) is 0.412. The number of anilines is 2. The molecule has 1 unspecified atom stereocenters. The van der Waals surface area contributed by atoms with Crippen LogP contribution >= 0.6 is 0 Å². The number of aromatic nitrogens is 1. The monoisotopic (exact) mass is 458 g/mol. The molecule has 2 aromatic carbocycles. The molecule has 0 saturated carbocycles. The maximum Gasteiger partial charge on any atom is 0.267 e. The summed E-state index contributed by atoms with van der Waals surface area (Å²) in [6, 6.07) is 17.3. The van der Waals surface area contributed by atoms with Crippen molar-refractivity contribution in [2.45, 2.75) is 25.6 Å². The Labute approximate surface area is 198 Å². The number of para-hydroxylation sites is 1. The molecule has 3 aromatic rings. The smallest absolute Gasteiger partial charge is 0.267 e. The van der Waals surface area contributed by atoms with Crippen LogP contribution in [0.25, 0.3) is 17.0 Å². The Morgan fingerprint density at radius 1 is 1.26 bits per heavy atom. The van der Waals surface area contributed by atoms with Crippen LogP contribution < -0.4 is 15.1 Å². The second-order valence-electron chi connectivity index (χ2n) is 7.85. The molecule has 8 nitrogen and oxygen atoms in total. The standard InChI is InChI=1S/C26H26N4O4/c1-30(23-16-19(17-27)28-22-8-4-3-7-21(22)23)20-11-12-24(32-2)18(15-20)10-13-25(31)29-34-26-9-5-6-14-33-26/h3-4,7-8,10-13,15-16,26H,5-6,9,14H2,1-2H3,(H,29,31)/b13-10+. The van der Waals surface area contributed by atoms with E-state index in [4.69, 9.17) is 14.3 Å². The van der Waals surface area contributed by atoms with E-state index in [1.165, 1.54) is 6.08 Å². The molecule has 1 fully saturated rings. The molecule has 1 atom stereocenters. The third-order valence-corrected chi connectivity index (χ3v) is 5.61. The number of nitrogens with one attached hydrogen (secondary N) is 1. The first-order chi connectivity index (χ1) is 16.6. The van der Waals surface area contributed by atoms with Gasteiger partial charge in [0.2, 0.25) is 0 Å². The fourth-order valence-corrected chi connectivity index (χ4v) is 3.82. The first kappa shape index (κ1) is 23.2. The van der Waals surface area contributed by atoms with Gasteiger partial charge in [-0.3, -0.25) is 4.79 Å². The van der Waals surface area contributed by atoms with Gasteiger partial charge in [-0.2, -0.15) is 5.26 Å². The van der Waals surface area contributed by atoms with Gasteiger partial charge >= 0.3 is 0 Å². The summed E-state index contributed by atoms with van der Waals surface area (Å²) in [6.45, 7) is 0.635. The molecule has 1 aliphatic heterocycles. The van der Waals surface area contributed by atoms with Gasteiger partial charge < -0.3 is 14.4 Å². The molecule has 1 aliphatic rings. The number of hydroxylamine groups is 1. The van der Waals surface area contributed by atoms with Crippen LogP contribution in [0.3, 0.4) is 0 Å². The molecule has 2 heterocycles. The van der Waals surface area contributed by atoms with E-state index in [-0.39, 0.29) is 0 Å². The molecule has 1 amide bonds. The van der Waals surface area contributed by atoms with Crippen LogP contribution in [0, 0.1) is 11.3 Å². The number of benzene rings is 2. The van der Waals surface area contributed by atoms with Gasteiger partial charge in [0.25, 0.3) is 5.91 Å². The van der Waals surface area contributed by atoms with E-state index in [1.807, 2.05) is 54.4 Å². The maximum absolute atomic E-state index is 12.2. The zero-order valence-corrected chi connectivity index (χ0v) is 19.2. The van der Waals surface area contributed by atoms with E-state index in [2.05, 4.69) is 16.5 Å². The highest BCUT2D eigenvalue weighted by atomic mass is 16.8. The number of ether oxygens (including phenoxy) is 2. The Bertz CT molecular complexity index is 1250. The number of rotatable bonds is 7. The number of carbonyl (C=O) groups excluding carboxylic acids is 1. The summed E-state index contributed by atoms with van der Waals surface area (Å²) in [7, 11) is 3.50. The number of carbonyl (C=O) groups is 1. The number of pyridine rings is 1. The summed E-state index contributed by atoms with van der Waals surface area (Å²) < 4.78 is 10.9. The van der Waals surface area contributed by atoms with Crippen LogP contribution in [0.15, 0.2) is 54.6 Å². The van der Waals surface area contributed by atoms with Gasteiger partial charge in [0.15, 0.2) is 6.29 Å². The van der Waals surface area contributed by atoms with Crippen LogP contribution in [-0.4, -0.2) is 37.9 Å². The van der Waals surface area contributed by atoms with Crippen molar-refractivity contribution >= 4 is 34.3 Å². The minimum Gasteiger partial charge on any atom is -0.496 e. The highest BCUT2D eigenvalue weighted by Gasteiger charge is 2.16. The van der Waals surface area contributed by atoms with E-state index in [0.717, 1.165) is 47.1 Å². The average molecular weight is 459 g/mol. The summed E-state index contributed by atoms with van der Waals surface area (Å²) >= 11 is 0. The number of nitriles is 1. The molecule has 0 radical (unpaired) electrons. The van der Waals surface area contributed by atoms with E-state index in [9.17, 15) is 10.1 Å². The molecule has 1 N–H and O–H groups in total. The van der Waals surface area contributed by atoms with Gasteiger partial charge in [-0.25, -0.2) is 15.3 Å². The number of hydrogen-bond acceptors (Lipinski definition) is 7. The lowest BCUT2D eigenvalue weighted by atomic mass is 10.1. The number of methoxy groups -OCH3 is 1. The molecule has 34 heavy (non-hydrogen) atoms. The summed E-state index contributed by atoms with van der Waals surface area (Å²) in [5, 5.41) is 10.4. The van der Waals surface area contributed by atoms with E-state index in [1.54, 1.807) is 19.3 Å². The lowest BCUT2D eigenvalue weighted by Crippen LogP contribution is -2.32. The zero-order valence-electron chi connectivity index (χ0n) is 19.2. The predicted octanol–water partition coefficient (Wildman–Crippen LogP) is 4.47. The van der Waals surface area contributed by atoms with Crippen molar-refractivity contribution in [2.75, 3.05) is 25.7 Å². The van der Waals surface area contributed by atoms with Crippen molar-refractivity contribution in [1.29, 1.82) is 5.26 Å². The molecule has 1 aromatic heterocycles. The molecule has 8 heteroatoms. The molecule has 4 rings (SSSR count). The zero-order chi connectivity index (χ0) is 23.9. The summed E-state index contributed by atoms with van der Waals surface area (Å²) in [5.41, 5.74) is 5.92. The Morgan fingerprint density at radius 3 is 2.88 bits per heavy atom. The lowest BCUT2D eigenvalue weighted by Gasteiger charge is -2.22. The van der Waals surface area contributed by atoms with Crippen LogP contribution in [0.4, 0.5) is 11.4 Å². The van der Waals surface area contributed by atoms with Crippen molar-refractivity contribution in [3.05, 3.63) is 65.9 Å². The van der Waals surface area contributed by atoms with Crippen molar-refractivity contribution in [1.82, 2.24) is 10.5 Å². The van der Waals surface area contributed by atoms with Crippen molar-refractivity contribution in [3.8, 4) is 11.8 Å². The highest BCUT2D eigenvalue weighted by Crippen LogP contribution is 2.33. The van der Waals surface area contributed by atoms with Gasteiger partial charge in [-0.15, -0.1) is 0 Å². The molecule has 1 saturated heterocycles. The Morgan fingerprint density at radius 2 is 2.12 bits per heavy atom. The number of amides is 1. The first-order valence-corrected chi connectivity index (χ1v) is 11.1. The fraction of sp³-hybridized carbons (Fsp3) is 0.269. The van der Waals surface area contributed by atoms with E-state index < -0.39 is 12.2 Å². The molecular weight excluding hydrogens is 432 g/mol. The number of fused-ring (bicyclic) bond motifs is 1. The minimum absolute atomic E-state index is 0.341. The van der Waals surface area contributed by atoms with Crippen LogP contribution in [0.1, 0.15) is 30.5 Å². The summed E-state index contributed by atoms with van der Waals surface area (Å²) in [5.74, 6) is 0.226. The Hall–Kier alpha value is -3.93. The summed E-state index contributed by atoms with van der Waals surface area (Å²) in [4.78, 5) is 23.9. The van der Waals surface area contributed by atoms with Gasteiger partial charge in [0.1, 0.15) is 17.5 Å². The highest BCUT2D eigenvalue weighted by molar-refractivity contribution is 5.95. The maximum atomic E-state index is 12.2. The fourth-order valence-electron chi connectivity index (χ4n) is 3.82. The van der Waals surface area contributed by atoms with Gasteiger partial charge in [0, 0.05) is 42.8 Å². The van der Waals surface area contributed by atoms with Crippen LogP contribution in [-0.2, 0) is 14.4 Å². The number of hydrogen-bond donors (Lipinski definition) is 1. The lowest BCUT2D eigenvalue weighted by molar-refractivity contribution is -0.198. The summed E-state index contributed by atoms with van der Waals surface area (Å²) in [6.07, 6.45) is 5.42. The third kappa shape index (κ3) is 5.34. The second kappa shape index (κ2) is 10.8.